The Balaban J connectivity index is 2.26. The predicted octanol–water partition coefficient (Wildman–Crippen LogP) is 0.571. The van der Waals surface area contributed by atoms with Crippen molar-refractivity contribution in [1.82, 2.24) is 4.90 Å². The van der Waals surface area contributed by atoms with E-state index in [0.717, 1.165) is 19.0 Å². The minimum absolute atomic E-state index is 0.150. The molecular weight excluding hydrogens is 164 g/mol. The molecule has 13 heavy (non-hydrogen) atoms. The lowest BCUT2D eigenvalue weighted by Gasteiger charge is -2.26. The third-order valence-corrected chi connectivity index (χ3v) is 2.94. The molecule has 3 heteroatoms. The van der Waals surface area contributed by atoms with Gasteiger partial charge in [0, 0.05) is 25.2 Å². The normalized spacial score (nSPS) is 26.5. The number of aliphatic hydroxyl groups is 1. The second kappa shape index (κ2) is 5.58. The summed E-state index contributed by atoms with van der Waals surface area (Å²) in [5.74, 6) is 0. The van der Waals surface area contributed by atoms with Gasteiger partial charge < -0.3 is 10.8 Å². The maximum Gasteiger partial charge on any atom is 0.0446 e. The van der Waals surface area contributed by atoms with Crippen molar-refractivity contribution < 1.29 is 5.11 Å². The Labute approximate surface area is 80.9 Å². The monoisotopic (exact) mass is 186 g/mol. The largest absolute Gasteiger partial charge is 0.396 e. The van der Waals surface area contributed by atoms with Crippen molar-refractivity contribution in [3.8, 4) is 0 Å². The van der Waals surface area contributed by atoms with Gasteiger partial charge in [0.05, 0.1) is 0 Å². The fourth-order valence-corrected chi connectivity index (χ4v) is 2.16. The van der Waals surface area contributed by atoms with Crippen molar-refractivity contribution in [3.63, 3.8) is 0 Å². The molecule has 0 saturated carbocycles. The van der Waals surface area contributed by atoms with E-state index in [0.29, 0.717) is 0 Å². The molecule has 1 rings (SSSR count). The van der Waals surface area contributed by atoms with Crippen LogP contribution in [0.3, 0.4) is 0 Å². The Morgan fingerprint density at radius 1 is 1.62 bits per heavy atom. The summed E-state index contributed by atoms with van der Waals surface area (Å²) < 4.78 is 0. The van der Waals surface area contributed by atoms with Gasteiger partial charge in [0.25, 0.3) is 0 Å². The summed E-state index contributed by atoms with van der Waals surface area (Å²) in [5.41, 5.74) is 5.88. The van der Waals surface area contributed by atoms with E-state index in [2.05, 4.69) is 11.8 Å². The van der Waals surface area contributed by atoms with E-state index in [1.807, 2.05) is 0 Å². The fourth-order valence-electron chi connectivity index (χ4n) is 2.16. The van der Waals surface area contributed by atoms with Crippen LogP contribution in [0.15, 0.2) is 0 Å². The quantitative estimate of drug-likeness (QED) is 0.660. The van der Waals surface area contributed by atoms with Crippen LogP contribution in [-0.2, 0) is 0 Å². The summed E-state index contributed by atoms with van der Waals surface area (Å²) in [6.45, 7) is 4.60. The summed E-state index contributed by atoms with van der Waals surface area (Å²) in [7, 11) is 0. The molecule has 2 unspecified atom stereocenters. The average Bonchev–Trinajstić information content (AvgIpc) is 2.52. The molecule has 1 heterocycles. The first-order chi connectivity index (χ1) is 6.27. The van der Waals surface area contributed by atoms with E-state index in [1.54, 1.807) is 0 Å². The molecule has 0 aromatic rings. The van der Waals surface area contributed by atoms with Crippen LogP contribution in [0.5, 0.6) is 0 Å². The van der Waals surface area contributed by atoms with E-state index < -0.39 is 0 Å². The Kier molecular flexibility index (Phi) is 4.70. The molecule has 0 spiro atoms. The second-order valence-corrected chi connectivity index (χ2v) is 3.97. The van der Waals surface area contributed by atoms with E-state index in [9.17, 15) is 0 Å². The van der Waals surface area contributed by atoms with Gasteiger partial charge in [-0.2, -0.15) is 0 Å². The molecule has 0 bridgehead atoms. The molecule has 0 radical (unpaired) electrons. The first-order valence-electron chi connectivity index (χ1n) is 5.38. The molecule has 0 aliphatic carbocycles. The zero-order valence-electron chi connectivity index (χ0n) is 8.58. The van der Waals surface area contributed by atoms with Gasteiger partial charge in [0.2, 0.25) is 0 Å². The number of aliphatic hydroxyl groups excluding tert-OH is 1. The number of likely N-dealkylation sites (tertiary alicyclic amines) is 1. The van der Waals surface area contributed by atoms with Crippen LogP contribution in [0.4, 0.5) is 0 Å². The van der Waals surface area contributed by atoms with E-state index in [1.165, 1.54) is 25.8 Å². The van der Waals surface area contributed by atoms with Crippen LogP contribution >= 0.6 is 0 Å². The molecule has 3 N–H and O–H groups in total. The second-order valence-electron chi connectivity index (χ2n) is 3.97. The van der Waals surface area contributed by atoms with Gasteiger partial charge in [0.15, 0.2) is 0 Å². The number of nitrogens with zero attached hydrogens (tertiary/aromatic N) is 1. The molecule has 1 aliphatic heterocycles. The van der Waals surface area contributed by atoms with Gasteiger partial charge in [-0.25, -0.2) is 0 Å². The summed E-state index contributed by atoms with van der Waals surface area (Å²) >= 11 is 0. The number of rotatable bonds is 5. The fraction of sp³-hybridized carbons (Fsp3) is 1.00. The number of hydrogen-bond acceptors (Lipinski definition) is 3. The highest BCUT2D eigenvalue weighted by atomic mass is 16.3. The van der Waals surface area contributed by atoms with E-state index >= 15 is 0 Å². The lowest BCUT2D eigenvalue weighted by molar-refractivity contribution is 0.209. The third kappa shape index (κ3) is 3.25. The van der Waals surface area contributed by atoms with E-state index in [-0.39, 0.29) is 12.6 Å². The maximum absolute atomic E-state index is 8.74. The summed E-state index contributed by atoms with van der Waals surface area (Å²) in [6, 6.07) is 0.891. The van der Waals surface area contributed by atoms with E-state index in [4.69, 9.17) is 10.8 Å². The van der Waals surface area contributed by atoms with Crippen LogP contribution in [-0.4, -0.2) is 41.8 Å². The summed E-state index contributed by atoms with van der Waals surface area (Å²) in [4.78, 5) is 2.47. The summed E-state index contributed by atoms with van der Waals surface area (Å²) in [6.07, 6.45) is 4.59. The Morgan fingerprint density at radius 3 is 3.00 bits per heavy atom. The van der Waals surface area contributed by atoms with Gasteiger partial charge in [-0.05, 0) is 32.2 Å². The molecule has 1 fully saturated rings. The SMILES string of the molecule is CCC1CCCN1CC(N)CCO. The van der Waals surface area contributed by atoms with Gasteiger partial charge in [-0.15, -0.1) is 0 Å². The van der Waals surface area contributed by atoms with Gasteiger partial charge in [-0.3, -0.25) is 4.90 Å². The molecule has 1 saturated heterocycles. The Hall–Kier alpha value is -0.120. The Bertz CT molecular complexity index is 141. The molecule has 0 aromatic heterocycles. The van der Waals surface area contributed by atoms with Crippen molar-refractivity contribution in [2.24, 2.45) is 5.73 Å². The van der Waals surface area contributed by atoms with Crippen molar-refractivity contribution in [1.29, 1.82) is 0 Å². The minimum Gasteiger partial charge on any atom is -0.396 e. The molecule has 2 atom stereocenters. The first-order valence-corrected chi connectivity index (χ1v) is 5.38. The van der Waals surface area contributed by atoms with Gasteiger partial charge in [0.1, 0.15) is 0 Å². The van der Waals surface area contributed by atoms with Crippen LogP contribution in [0, 0.1) is 0 Å². The smallest absolute Gasteiger partial charge is 0.0446 e. The molecule has 1 aliphatic rings. The van der Waals surface area contributed by atoms with Crippen LogP contribution in [0.1, 0.15) is 32.6 Å². The number of hydrogen-bond donors (Lipinski definition) is 2. The van der Waals surface area contributed by atoms with Gasteiger partial charge >= 0.3 is 0 Å². The minimum atomic E-state index is 0.150. The Morgan fingerprint density at radius 2 is 2.38 bits per heavy atom. The van der Waals surface area contributed by atoms with Crippen LogP contribution < -0.4 is 5.73 Å². The highest BCUT2D eigenvalue weighted by Gasteiger charge is 2.23. The van der Waals surface area contributed by atoms with Gasteiger partial charge in [-0.1, -0.05) is 6.92 Å². The number of nitrogens with two attached hydrogens (primary N) is 1. The zero-order chi connectivity index (χ0) is 9.68. The van der Waals surface area contributed by atoms with Crippen LogP contribution in [0.25, 0.3) is 0 Å². The highest BCUT2D eigenvalue weighted by Crippen LogP contribution is 2.19. The first kappa shape index (κ1) is 11.0. The van der Waals surface area contributed by atoms with Crippen LogP contribution in [0.2, 0.25) is 0 Å². The maximum atomic E-state index is 8.74. The molecular formula is C10H22N2O. The highest BCUT2D eigenvalue weighted by molar-refractivity contribution is 4.80. The standard InChI is InChI=1S/C10H22N2O/c1-2-10-4-3-6-12(10)8-9(11)5-7-13/h9-10,13H,2-8,11H2,1H3. The van der Waals surface area contributed by atoms with Crippen molar-refractivity contribution in [2.75, 3.05) is 19.7 Å². The topological polar surface area (TPSA) is 49.5 Å². The molecule has 3 nitrogen and oxygen atoms in total. The molecule has 78 valence electrons. The zero-order valence-corrected chi connectivity index (χ0v) is 8.58. The average molecular weight is 186 g/mol. The summed E-state index contributed by atoms with van der Waals surface area (Å²) in [5, 5.41) is 8.74. The molecule has 0 amide bonds. The predicted molar refractivity (Wildman–Crippen MR) is 54.6 cm³/mol. The van der Waals surface area contributed by atoms with Crippen molar-refractivity contribution in [2.45, 2.75) is 44.7 Å². The lowest BCUT2D eigenvalue weighted by atomic mass is 10.1. The third-order valence-electron chi connectivity index (χ3n) is 2.94. The lowest BCUT2D eigenvalue weighted by Crippen LogP contribution is -2.40. The van der Waals surface area contributed by atoms with Crippen molar-refractivity contribution in [3.05, 3.63) is 0 Å². The van der Waals surface area contributed by atoms with Crippen molar-refractivity contribution >= 4 is 0 Å². The molecule has 0 aromatic carbocycles.